The lowest BCUT2D eigenvalue weighted by molar-refractivity contribution is 0.0587. The molecule has 0 aliphatic carbocycles. The molecular formula is C22H18N2O4. The minimum atomic E-state index is -0.505. The third kappa shape index (κ3) is 2.99. The monoisotopic (exact) mass is 374 g/mol. The highest BCUT2D eigenvalue weighted by molar-refractivity contribution is 6.09. The van der Waals surface area contributed by atoms with Crippen LogP contribution in [0.2, 0.25) is 0 Å². The van der Waals surface area contributed by atoms with Crippen molar-refractivity contribution >= 4 is 33.7 Å². The van der Waals surface area contributed by atoms with Crippen LogP contribution in [0.1, 0.15) is 32.1 Å². The number of hydrogen-bond donors (Lipinski definition) is 1. The van der Waals surface area contributed by atoms with E-state index in [2.05, 4.69) is 9.97 Å². The van der Waals surface area contributed by atoms with Crippen molar-refractivity contribution in [3.05, 3.63) is 77.1 Å². The fraction of sp³-hybridized carbons (Fsp3) is 0.136. The number of aromatic amines is 1. The Labute approximate surface area is 161 Å². The Kier molecular flexibility index (Phi) is 4.53. The SMILES string of the molecule is COC(=O)c1cc2c([nH]c3ccccc32)c(Cc2ccccc2C(=O)OC)n1. The van der Waals surface area contributed by atoms with Crippen LogP contribution >= 0.6 is 0 Å². The highest BCUT2D eigenvalue weighted by Gasteiger charge is 2.18. The number of aromatic nitrogens is 2. The number of hydrogen-bond acceptors (Lipinski definition) is 5. The zero-order valence-corrected chi connectivity index (χ0v) is 15.5. The third-order valence-electron chi connectivity index (χ3n) is 4.75. The summed E-state index contributed by atoms with van der Waals surface area (Å²) in [6.45, 7) is 0. The van der Waals surface area contributed by atoms with Crippen LogP contribution in [0, 0.1) is 0 Å². The van der Waals surface area contributed by atoms with Crippen molar-refractivity contribution in [2.45, 2.75) is 6.42 Å². The minimum Gasteiger partial charge on any atom is -0.465 e. The largest absolute Gasteiger partial charge is 0.465 e. The summed E-state index contributed by atoms with van der Waals surface area (Å²) in [6, 6.07) is 16.8. The Morgan fingerprint density at radius 3 is 2.43 bits per heavy atom. The predicted octanol–water partition coefficient (Wildman–Crippen LogP) is 3.88. The standard InChI is InChI=1S/C22H18N2O4/c1-27-21(25)14-8-4-3-7-13(14)11-18-20-16(12-19(23-18)22(26)28-2)15-9-5-6-10-17(15)24-20/h3-10,12,24H,11H2,1-2H3. The average Bonchev–Trinajstić information content (AvgIpc) is 3.12. The summed E-state index contributed by atoms with van der Waals surface area (Å²) in [5.74, 6) is -0.915. The second-order valence-electron chi connectivity index (χ2n) is 6.36. The summed E-state index contributed by atoms with van der Waals surface area (Å²) in [4.78, 5) is 32.2. The molecule has 6 heteroatoms. The zero-order valence-electron chi connectivity index (χ0n) is 15.5. The summed E-state index contributed by atoms with van der Waals surface area (Å²) < 4.78 is 9.76. The molecule has 0 atom stereocenters. The Balaban J connectivity index is 1.93. The van der Waals surface area contributed by atoms with Crippen molar-refractivity contribution in [1.82, 2.24) is 9.97 Å². The van der Waals surface area contributed by atoms with Crippen molar-refractivity contribution in [2.75, 3.05) is 14.2 Å². The maximum Gasteiger partial charge on any atom is 0.356 e. The topological polar surface area (TPSA) is 81.3 Å². The summed E-state index contributed by atoms with van der Waals surface area (Å²) in [6.07, 6.45) is 0.361. The van der Waals surface area contributed by atoms with E-state index in [-0.39, 0.29) is 5.69 Å². The van der Waals surface area contributed by atoms with Crippen LogP contribution < -0.4 is 0 Å². The number of ether oxygens (including phenoxy) is 2. The Morgan fingerprint density at radius 2 is 1.64 bits per heavy atom. The molecule has 0 fully saturated rings. The second kappa shape index (κ2) is 7.15. The van der Waals surface area contributed by atoms with Crippen molar-refractivity contribution in [1.29, 1.82) is 0 Å². The molecule has 2 heterocycles. The number of benzene rings is 2. The van der Waals surface area contributed by atoms with Crippen LogP contribution in [-0.4, -0.2) is 36.1 Å². The molecule has 0 spiro atoms. The molecule has 140 valence electrons. The first-order valence-electron chi connectivity index (χ1n) is 8.77. The highest BCUT2D eigenvalue weighted by atomic mass is 16.5. The molecule has 1 N–H and O–H groups in total. The van der Waals surface area contributed by atoms with Gasteiger partial charge in [0.05, 0.1) is 31.0 Å². The van der Waals surface area contributed by atoms with Gasteiger partial charge in [0.25, 0.3) is 0 Å². The molecule has 0 saturated carbocycles. The smallest absolute Gasteiger partial charge is 0.356 e. The summed E-state index contributed by atoms with van der Waals surface area (Å²) in [5.41, 5.74) is 3.90. The Morgan fingerprint density at radius 1 is 0.929 bits per heavy atom. The Hall–Kier alpha value is -3.67. The molecule has 0 radical (unpaired) electrons. The molecule has 2 aromatic heterocycles. The van der Waals surface area contributed by atoms with E-state index in [4.69, 9.17) is 9.47 Å². The lowest BCUT2D eigenvalue weighted by Crippen LogP contribution is -2.09. The Bertz CT molecular complexity index is 1210. The van der Waals surface area contributed by atoms with E-state index in [1.165, 1.54) is 14.2 Å². The van der Waals surface area contributed by atoms with Gasteiger partial charge >= 0.3 is 11.9 Å². The number of H-pyrrole nitrogens is 1. The van der Waals surface area contributed by atoms with Crippen molar-refractivity contribution in [2.24, 2.45) is 0 Å². The number of nitrogens with zero attached hydrogens (tertiary/aromatic N) is 1. The molecule has 2 aromatic carbocycles. The van der Waals surface area contributed by atoms with Gasteiger partial charge in [-0.15, -0.1) is 0 Å². The first-order valence-corrected chi connectivity index (χ1v) is 8.77. The maximum absolute atomic E-state index is 12.2. The molecule has 0 unspecified atom stereocenters. The van der Waals surface area contributed by atoms with Gasteiger partial charge in [-0.25, -0.2) is 14.6 Å². The molecule has 0 amide bonds. The molecule has 6 nitrogen and oxygen atoms in total. The third-order valence-corrected chi connectivity index (χ3v) is 4.75. The van der Waals surface area contributed by atoms with Gasteiger partial charge in [-0.2, -0.15) is 0 Å². The number of para-hydroxylation sites is 1. The molecule has 28 heavy (non-hydrogen) atoms. The van der Waals surface area contributed by atoms with Crippen LogP contribution in [0.3, 0.4) is 0 Å². The lowest BCUT2D eigenvalue weighted by atomic mass is 10.0. The van der Waals surface area contributed by atoms with Crippen molar-refractivity contribution in [3.63, 3.8) is 0 Å². The van der Waals surface area contributed by atoms with Gasteiger partial charge in [-0.3, -0.25) is 0 Å². The number of fused-ring (bicyclic) bond motifs is 3. The number of rotatable bonds is 4. The first kappa shape index (κ1) is 17.7. The van der Waals surface area contributed by atoms with E-state index < -0.39 is 11.9 Å². The number of esters is 2. The molecule has 0 saturated heterocycles. The van der Waals surface area contributed by atoms with Crippen molar-refractivity contribution < 1.29 is 19.1 Å². The molecule has 0 bridgehead atoms. The van der Waals surface area contributed by atoms with Gasteiger partial charge < -0.3 is 14.5 Å². The summed E-state index contributed by atoms with van der Waals surface area (Å²) in [5, 5.41) is 1.88. The number of pyridine rings is 1. The second-order valence-corrected chi connectivity index (χ2v) is 6.36. The van der Waals surface area contributed by atoms with Gasteiger partial charge in [0.15, 0.2) is 0 Å². The summed E-state index contributed by atoms with van der Waals surface area (Å²) in [7, 11) is 2.68. The van der Waals surface area contributed by atoms with E-state index in [0.717, 1.165) is 27.4 Å². The zero-order chi connectivity index (χ0) is 19.7. The molecular weight excluding hydrogens is 356 g/mol. The minimum absolute atomic E-state index is 0.227. The normalized spacial score (nSPS) is 10.9. The fourth-order valence-corrected chi connectivity index (χ4v) is 3.41. The summed E-state index contributed by atoms with van der Waals surface area (Å²) >= 11 is 0. The van der Waals surface area contributed by atoms with Gasteiger partial charge in [0.2, 0.25) is 0 Å². The highest BCUT2D eigenvalue weighted by Crippen LogP contribution is 2.29. The maximum atomic E-state index is 12.2. The molecule has 0 aliphatic heterocycles. The number of carbonyl (C=O) groups excluding carboxylic acids is 2. The fourth-order valence-electron chi connectivity index (χ4n) is 3.41. The van der Waals surface area contributed by atoms with Crippen LogP contribution in [0.25, 0.3) is 21.8 Å². The van der Waals surface area contributed by atoms with Crippen molar-refractivity contribution in [3.8, 4) is 0 Å². The number of carbonyl (C=O) groups is 2. The van der Waals surface area contributed by atoms with Gasteiger partial charge in [0.1, 0.15) is 5.69 Å². The first-order chi connectivity index (χ1) is 13.6. The quantitative estimate of drug-likeness (QED) is 0.548. The van der Waals surface area contributed by atoms with Crippen LogP contribution in [0.5, 0.6) is 0 Å². The van der Waals surface area contributed by atoms with E-state index in [1.807, 2.05) is 36.4 Å². The van der Waals surface area contributed by atoms with Crippen LogP contribution in [-0.2, 0) is 15.9 Å². The van der Waals surface area contributed by atoms with E-state index in [0.29, 0.717) is 17.7 Å². The van der Waals surface area contributed by atoms with Gasteiger partial charge in [-0.1, -0.05) is 36.4 Å². The average molecular weight is 374 g/mol. The molecule has 4 rings (SSSR count). The van der Waals surface area contributed by atoms with E-state index >= 15 is 0 Å². The number of methoxy groups -OCH3 is 2. The van der Waals surface area contributed by atoms with E-state index in [9.17, 15) is 9.59 Å². The van der Waals surface area contributed by atoms with Crippen LogP contribution in [0.4, 0.5) is 0 Å². The van der Waals surface area contributed by atoms with Crippen LogP contribution in [0.15, 0.2) is 54.6 Å². The molecule has 4 aromatic rings. The number of nitrogens with one attached hydrogen (secondary N) is 1. The predicted molar refractivity (Wildman–Crippen MR) is 106 cm³/mol. The molecule has 0 aliphatic rings. The van der Waals surface area contributed by atoms with Gasteiger partial charge in [0, 0.05) is 22.7 Å². The van der Waals surface area contributed by atoms with E-state index in [1.54, 1.807) is 18.2 Å². The lowest BCUT2D eigenvalue weighted by Gasteiger charge is -2.09. The van der Waals surface area contributed by atoms with Gasteiger partial charge in [-0.05, 0) is 23.8 Å².